The largest absolute Gasteiger partial charge is 0.463 e. The van der Waals surface area contributed by atoms with Crippen LogP contribution in [-0.4, -0.2) is 24.1 Å². The van der Waals surface area contributed by atoms with Gasteiger partial charge in [-0.2, -0.15) is 0 Å². The number of Topliss-reactive ketones (excluding diaryl/α,β-unsaturated/α-hetero) is 1. The highest BCUT2D eigenvalue weighted by molar-refractivity contribution is 6.10. The predicted molar refractivity (Wildman–Crippen MR) is 68.3 cm³/mol. The fraction of sp³-hybridized carbons (Fsp3) is 0.643. The number of esters is 1. The quantitative estimate of drug-likeness (QED) is 0.705. The van der Waals surface area contributed by atoms with Crippen LogP contribution >= 0.6 is 0 Å². The maximum Gasteiger partial charge on any atom is 0.336 e. The molecule has 0 spiro atoms. The SMILES string of the molecule is CCOC(=O)C1=C(C)N=C2CCCC(=O)C2C1C. The first-order valence-corrected chi connectivity index (χ1v) is 6.54. The van der Waals surface area contributed by atoms with Crippen LogP contribution in [0.1, 0.15) is 40.0 Å². The Morgan fingerprint density at radius 2 is 2.17 bits per heavy atom. The van der Waals surface area contributed by atoms with E-state index in [-0.39, 0.29) is 23.6 Å². The highest BCUT2D eigenvalue weighted by atomic mass is 16.5. The van der Waals surface area contributed by atoms with Crippen LogP contribution in [0, 0.1) is 11.8 Å². The summed E-state index contributed by atoms with van der Waals surface area (Å²) in [4.78, 5) is 28.4. The number of hydrogen-bond acceptors (Lipinski definition) is 4. The molecule has 0 amide bonds. The first-order chi connectivity index (χ1) is 8.56. The van der Waals surface area contributed by atoms with Crippen molar-refractivity contribution in [3.05, 3.63) is 11.3 Å². The maximum atomic E-state index is 12.0. The van der Waals surface area contributed by atoms with Gasteiger partial charge in [0.1, 0.15) is 5.78 Å². The van der Waals surface area contributed by atoms with Gasteiger partial charge >= 0.3 is 5.97 Å². The van der Waals surface area contributed by atoms with Crippen molar-refractivity contribution in [2.45, 2.75) is 40.0 Å². The number of aliphatic imine (C=N–C) groups is 1. The van der Waals surface area contributed by atoms with Crippen molar-refractivity contribution >= 4 is 17.5 Å². The molecule has 0 radical (unpaired) electrons. The Kier molecular flexibility index (Phi) is 3.64. The van der Waals surface area contributed by atoms with Crippen molar-refractivity contribution in [2.24, 2.45) is 16.8 Å². The second kappa shape index (κ2) is 5.04. The van der Waals surface area contributed by atoms with E-state index in [0.29, 0.717) is 24.3 Å². The Morgan fingerprint density at radius 3 is 2.83 bits per heavy atom. The number of allylic oxidation sites excluding steroid dienone is 1. The minimum atomic E-state index is -0.330. The molecule has 0 aromatic heterocycles. The molecule has 0 N–H and O–H groups in total. The summed E-state index contributed by atoms with van der Waals surface area (Å²) in [7, 11) is 0. The average Bonchev–Trinajstić information content (AvgIpc) is 2.28. The summed E-state index contributed by atoms with van der Waals surface area (Å²) in [6, 6.07) is 0. The topological polar surface area (TPSA) is 55.7 Å². The summed E-state index contributed by atoms with van der Waals surface area (Å²) in [5.74, 6) is -0.434. The van der Waals surface area contributed by atoms with Gasteiger partial charge in [-0.1, -0.05) is 6.92 Å². The van der Waals surface area contributed by atoms with Crippen molar-refractivity contribution in [1.82, 2.24) is 0 Å². The molecular formula is C14H19NO3. The van der Waals surface area contributed by atoms with Crippen molar-refractivity contribution in [2.75, 3.05) is 6.61 Å². The molecule has 4 heteroatoms. The molecule has 2 aliphatic rings. The van der Waals surface area contributed by atoms with Crippen LogP contribution in [0.3, 0.4) is 0 Å². The Balaban J connectivity index is 2.37. The number of fused-ring (bicyclic) bond motifs is 1. The van der Waals surface area contributed by atoms with Crippen LogP contribution < -0.4 is 0 Å². The molecule has 1 aliphatic carbocycles. The van der Waals surface area contributed by atoms with Gasteiger partial charge in [-0.05, 0) is 26.7 Å². The Bertz CT molecular complexity index is 448. The van der Waals surface area contributed by atoms with E-state index in [0.717, 1.165) is 18.6 Å². The second-order valence-corrected chi connectivity index (χ2v) is 4.91. The summed E-state index contributed by atoms with van der Waals surface area (Å²) in [5.41, 5.74) is 2.23. The van der Waals surface area contributed by atoms with Crippen LogP contribution in [0.25, 0.3) is 0 Å². The number of ether oxygens (including phenoxy) is 1. The Morgan fingerprint density at radius 1 is 1.44 bits per heavy atom. The average molecular weight is 249 g/mol. The van der Waals surface area contributed by atoms with Gasteiger partial charge in [-0.15, -0.1) is 0 Å². The third-order valence-corrected chi connectivity index (χ3v) is 3.71. The third-order valence-electron chi connectivity index (χ3n) is 3.71. The lowest BCUT2D eigenvalue weighted by atomic mass is 9.73. The van der Waals surface area contributed by atoms with Crippen molar-refractivity contribution in [3.63, 3.8) is 0 Å². The lowest BCUT2D eigenvalue weighted by Gasteiger charge is -2.33. The zero-order chi connectivity index (χ0) is 13.3. The zero-order valence-electron chi connectivity index (χ0n) is 11.2. The van der Waals surface area contributed by atoms with Gasteiger partial charge in [0.05, 0.1) is 18.1 Å². The number of carbonyl (C=O) groups excluding carboxylic acids is 2. The van der Waals surface area contributed by atoms with E-state index >= 15 is 0 Å². The molecule has 0 aromatic carbocycles. The summed E-state index contributed by atoms with van der Waals surface area (Å²) in [5, 5.41) is 0. The van der Waals surface area contributed by atoms with E-state index < -0.39 is 0 Å². The molecule has 2 rings (SSSR count). The highest BCUT2D eigenvalue weighted by Gasteiger charge is 2.40. The highest BCUT2D eigenvalue weighted by Crippen LogP contribution is 2.36. The smallest absolute Gasteiger partial charge is 0.336 e. The van der Waals surface area contributed by atoms with Crippen LogP contribution in [0.15, 0.2) is 16.3 Å². The Labute approximate surface area is 107 Å². The van der Waals surface area contributed by atoms with Gasteiger partial charge in [0.25, 0.3) is 0 Å². The third kappa shape index (κ3) is 2.11. The molecule has 0 bridgehead atoms. The van der Waals surface area contributed by atoms with Crippen LogP contribution in [0.4, 0.5) is 0 Å². The molecule has 1 aliphatic heterocycles. The first kappa shape index (κ1) is 13.0. The number of carbonyl (C=O) groups is 2. The molecule has 0 saturated heterocycles. The van der Waals surface area contributed by atoms with E-state index in [1.54, 1.807) is 6.92 Å². The molecular weight excluding hydrogens is 230 g/mol. The van der Waals surface area contributed by atoms with Gasteiger partial charge in [0.15, 0.2) is 0 Å². The summed E-state index contributed by atoms with van der Waals surface area (Å²) < 4.78 is 5.06. The lowest BCUT2D eigenvalue weighted by molar-refractivity contribution is -0.139. The zero-order valence-corrected chi connectivity index (χ0v) is 11.2. The fourth-order valence-electron chi connectivity index (χ4n) is 2.95. The molecule has 98 valence electrons. The van der Waals surface area contributed by atoms with Gasteiger partial charge in [-0.3, -0.25) is 9.79 Å². The van der Waals surface area contributed by atoms with Gasteiger partial charge in [0, 0.05) is 23.7 Å². The monoisotopic (exact) mass is 249 g/mol. The fourth-order valence-corrected chi connectivity index (χ4v) is 2.95. The van der Waals surface area contributed by atoms with Crippen molar-refractivity contribution in [3.8, 4) is 0 Å². The summed E-state index contributed by atoms with van der Waals surface area (Å²) in [6.07, 6.45) is 2.35. The number of nitrogens with zero attached hydrogens (tertiary/aromatic N) is 1. The molecule has 18 heavy (non-hydrogen) atoms. The van der Waals surface area contributed by atoms with Crippen LogP contribution in [0.2, 0.25) is 0 Å². The van der Waals surface area contributed by atoms with E-state index in [9.17, 15) is 9.59 Å². The van der Waals surface area contributed by atoms with E-state index in [1.807, 2.05) is 13.8 Å². The number of rotatable bonds is 2. The summed E-state index contributed by atoms with van der Waals surface area (Å²) in [6.45, 7) is 5.88. The normalized spacial score (nSPS) is 27.7. The second-order valence-electron chi connectivity index (χ2n) is 4.91. The molecule has 0 aromatic rings. The van der Waals surface area contributed by atoms with Crippen molar-refractivity contribution < 1.29 is 14.3 Å². The standard InChI is InChI=1S/C14H19NO3/c1-4-18-14(17)12-8(2)13-10(15-9(12)3)6-5-7-11(13)16/h8,13H,4-7H2,1-3H3. The van der Waals surface area contributed by atoms with Gasteiger partial charge < -0.3 is 4.74 Å². The van der Waals surface area contributed by atoms with Gasteiger partial charge in [0.2, 0.25) is 0 Å². The lowest BCUT2D eigenvalue weighted by Crippen LogP contribution is -2.39. The number of ketones is 1. The van der Waals surface area contributed by atoms with Crippen LogP contribution in [0.5, 0.6) is 0 Å². The van der Waals surface area contributed by atoms with Crippen LogP contribution in [-0.2, 0) is 14.3 Å². The number of hydrogen-bond donors (Lipinski definition) is 0. The Hall–Kier alpha value is -1.45. The molecule has 1 saturated carbocycles. The molecule has 1 fully saturated rings. The molecule has 4 nitrogen and oxygen atoms in total. The minimum Gasteiger partial charge on any atom is -0.463 e. The predicted octanol–water partition coefficient (Wildman–Crippen LogP) is 2.28. The van der Waals surface area contributed by atoms with E-state index in [4.69, 9.17) is 4.74 Å². The maximum absolute atomic E-state index is 12.0. The first-order valence-electron chi connectivity index (χ1n) is 6.54. The van der Waals surface area contributed by atoms with E-state index in [2.05, 4.69) is 4.99 Å². The van der Waals surface area contributed by atoms with Gasteiger partial charge in [-0.25, -0.2) is 4.79 Å². The molecule has 1 heterocycles. The molecule has 2 unspecified atom stereocenters. The minimum absolute atomic E-state index is 0.107. The van der Waals surface area contributed by atoms with E-state index in [1.165, 1.54) is 0 Å². The molecule has 2 atom stereocenters. The summed E-state index contributed by atoms with van der Waals surface area (Å²) >= 11 is 0. The van der Waals surface area contributed by atoms with Crippen molar-refractivity contribution in [1.29, 1.82) is 0 Å².